The number of furan rings is 1. The Bertz CT molecular complexity index is 515. The van der Waals surface area contributed by atoms with Gasteiger partial charge in [-0.25, -0.2) is 9.67 Å². The summed E-state index contributed by atoms with van der Waals surface area (Å²) in [4.78, 5) is 15.9. The first kappa shape index (κ1) is 11.5. The van der Waals surface area contributed by atoms with Crippen molar-refractivity contribution < 1.29 is 9.21 Å². The Morgan fingerprint density at radius 2 is 2.35 bits per heavy atom. The zero-order chi connectivity index (χ0) is 12.3. The maximum Gasteiger partial charge on any atom is 0.205 e. The number of carbonyl (C=O) groups excluding carboxylic acids is 1. The van der Waals surface area contributed by atoms with Gasteiger partial charge in [0.2, 0.25) is 5.78 Å². The number of aromatic nitrogens is 3. The summed E-state index contributed by atoms with van der Waals surface area (Å²) in [5, 5.41) is 4.01. The van der Waals surface area contributed by atoms with E-state index in [1.165, 1.54) is 6.33 Å². The molecule has 0 aliphatic carbocycles. The number of carbonyl (C=O) groups is 1. The second-order valence-electron chi connectivity index (χ2n) is 3.56. The minimum absolute atomic E-state index is 0.118. The summed E-state index contributed by atoms with van der Waals surface area (Å²) in [6, 6.07) is 3.34. The van der Waals surface area contributed by atoms with Crippen molar-refractivity contribution in [3.8, 4) is 0 Å². The molecule has 0 amide bonds. The van der Waals surface area contributed by atoms with Gasteiger partial charge in [-0.2, -0.15) is 5.10 Å². The molecular formula is C11H14N4O2. The molecule has 0 radical (unpaired) electrons. The molecule has 2 aromatic heterocycles. The van der Waals surface area contributed by atoms with Crippen LogP contribution in [0.4, 0.5) is 0 Å². The van der Waals surface area contributed by atoms with E-state index in [9.17, 15) is 4.79 Å². The topological polar surface area (TPSA) is 86.9 Å². The summed E-state index contributed by atoms with van der Waals surface area (Å²) in [5.74, 6) is 1.44. The van der Waals surface area contributed by atoms with E-state index in [-0.39, 0.29) is 12.2 Å². The molecule has 0 aliphatic heterocycles. The zero-order valence-corrected chi connectivity index (χ0v) is 9.59. The Kier molecular flexibility index (Phi) is 3.34. The minimum atomic E-state index is -0.118. The molecular weight excluding hydrogens is 220 g/mol. The molecule has 0 aliphatic rings. The second kappa shape index (κ2) is 4.92. The second-order valence-corrected chi connectivity index (χ2v) is 3.56. The van der Waals surface area contributed by atoms with Crippen LogP contribution >= 0.6 is 0 Å². The van der Waals surface area contributed by atoms with Crippen LogP contribution < -0.4 is 5.73 Å². The highest BCUT2D eigenvalue weighted by atomic mass is 16.3. The van der Waals surface area contributed by atoms with Crippen molar-refractivity contribution in [1.29, 1.82) is 0 Å². The molecule has 0 saturated carbocycles. The molecule has 0 aromatic carbocycles. The molecule has 2 heterocycles. The SMILES string of the molecule is CCn1ncnc1CC(=O)c1ccc(CN)o1. The van der Waals surface area contributed by atoms with E-state index < -0.39 is 0 Å². The van der Waals surface area contributed by atoms with Crippen molar-refractivity contribution in [2.45, 2.75) is 26.4 Å². The Morgan fingerprint density at radius 1 is 1.53 bits per heavy atom. The number of hydrogen-bond acceptors (Lipinski definition) is 5. The van der Waals surface area contributed by atoms with E-state index in [1.807, 2.05) is 6.92 Å². The van der Waals surface area contributed by atoms with Gasteiger partial charge in [-0.15, -0.1) is 0 Å². The number of nitrogens with zero attached hydrogens (tertiary/aromatic N) is 3. The van der Waals surface area contributed by atoms with Crippen LogP contribution in [0.15, 0.2) is 22.9 Å². The zero-order valence-electron chi connectivity index (χ0n) is 9.59. The number of ketones is 1. The third kappa shape index (κ3) is 2.42. The van der Waals surface area contributed by atoms with Gasteiger partial charge in [-0.1, -0.05) is 0 Å². The van der Waals surface area contributed by atoms with Crippen LogP contribution in [0.25, 0.3) is 0 Å². The fourth-order valence-corrected chi connectivity index (χ4v) is 1.56. The van der Waals surface area contributed by atoms with Gasteiger partial charge in [0.15, 0.2) is 5.76 Å². The summed E-state index contributed by atoms with van der Waals surface area (Å²) in [5.41, 5.74) is 5.41. The lowest BCUT2D eigenvalue weighted by atomic mass is 10.2. The monoisotopic (exact) mass is 234 g/mol. The fourth-order valence-electron chi connectivity index (χ4n) is 1.56. The molecule has 17 heavy (non-hydrogen) atoms. The van der Waals surface area contributed by atoms with E-state index in [2.05, 4.69) is 10.1 Å². The first-order valence-corrected chi connectivity index (χ1v) is 5.43. The highest BCUT2D eigenvalue weighted by Crippen LogP contribution is 2.10. The molecule has 2 aromatic rings. The molecule has 0 spiro atoms. The predicted molar refractivity (Wildman–Crippen MR) is 60.3 cm³/mol. The van der Waals surface area contributed by atoms with Crippen molar-refractivity contribution in [2.24, 2.45) is 5.73 Å². The molecule has 6 heteroatoms. The van der Waals surface area contributed by atoms with Gasteiger partial charge in [-0.05, 0) is 19.1 Å². The molecule has 0 unspecified atom stereocenters. The van der Waals surface area contributed by atoms with Gasteiger partial charge in [0.05, 0.1) is 13.0 Å². The first-order valence-electron chi connectivity index (χ1n) is 5.43. The van der Waals surface area contributed by atoms with E-state index in [0.717, 1.165) is 0 Å². The summed E-state index contributed by atoms with van der Waals surface area (Å²) in [7, 11) is 0. The lowest BCUT2D eigenvalue weighted by Crippen LogP contribution is -2.10. The van der Waals surface area contributed by atoms with Crippen LogP contribution in [-0.4, -0.2) is 20.5 Å². The molecule has 2 N–H and O–H groups in total. The maximum absolute atomic E-state index is 11.9. The molecule has 90 valence electrons. The Labute approximate surface area is 98.4 Å². The summed E-state index contributed by atoms with van der Waals surface area (Å²) >= 11 is 0. The van der Waals surface area contributed by atoms with Gasteiger partial charge in [0, 0.05) is 6.54 Å². The third-order valence-electron chi connectivity index (χ3n) is 2.45. The quantitative estimate of drug-likeness (QED) is 0.772. The normalized spacial score (nSPS) is 10.7. The standard InChI is InChI=1S/C11H14N4O2/c1-2-15-11(13-7-14-15)5-9(16)10-4-3-8(6-12)17-10/h3-4,7H,2,5-6,12H2,1H3. The van der Waals surface area contributed by atoms with Gasteiger partial charge < -0.3 is 10.2 Å². The molecule has 0 atom stereocenters. The molecule has 0 fully saturated rings. The Hall–Kier alpha value is -1.95. The lowest BCUT2D eigenvalue weighted by Gasteiger charge is -2.00. The summed E-state index contributed by atoms with van der Waals surface area (Å²) < 4.78 is 6.97. The number of hydrogen-bond donors (Lipinski definition) is 1. The van der Waals surface area contributed by atoms with Crippen molar-refractivity contribution >= 4 is 5.78 Å². The molecule has 0 saturated heterocycles. The van der Waals surface area contributed by atoms with Crippen molar-refractivity contribution in [3.05, 3.63) is 35.8 Å². The highest BCUT2D eigenvalue weighted by Gasteiger charge is 2.14. The summed E-state index contributed by atoms with van der Waals surface area (Å²) in [6.45, 7) is 2.93. The average molecular weight is 234 g/mol. The van der Waals surface area contributed by atoms with Crippen molar-refractivity contribution in [3.63, 3.8) is 0 Å². The van der Waals surface area contributed by atoms with E-state index in [4.69, 9.17) is 10.2 Å². The smallest absolute Gasteiger partial charge is 0.205 e. The van der Waals surface area contributed by atoms with Crippen LogP contribution in [-0.2, 0) is 19.5 Å². The Balaban J connectivity index is 2.11. The van der Waals surface area contributed by atoms with E-state index in [0.29, 0.717) is 30.4 Å². The number of Topliss-reactive ketones (excluding diaryl/α,β-unsaturated/α-hetero) is 1. The first-order chi connectivity index (χ1) is 8.24. The van der Waals surface area contributed by atoms with Crippen LogP contribution in [0.1, 0.15) is 29.1 Å². The van der Waals surface area contributed by atoms with E-state index in [1.54, 1.807) is 16.8 Å². The third-order valence-corrected chi connectivity index (χ3v) is 2.45. The van der Waals surface area contributed by atoms with Gasteiger partial charge in [-0.3, -0.25) is 4.79 Å². The van der Waals surface area contributed by atoms with Crippen molar-refractivity contribution in [2.75, 3.05) is 0 Å². The molecule has 0 bridgehead atoms. The minimum Gasteiger partial charge on any atom is -0.457 e. The van der Waals surface area contributed by atoms with Gasteiger partial charge >= 0.3 is 0 Å². The van der Waals surface area contributed by atoms with Crippen LogP contribution in [0.2, 0.25) is 0 Å². The summed E-state index contributed by atoms with van der Waals surface area (Å²) in [6.07, 6.45) is 1.63. The van der Waals surface area contributed by atoms with E-state index >= 15 is 0 Å². The van der Waals surface area contributed by atoms with Gasteiger partial charge in [0.1, 0.15) is 17.9 Å². The van der Waals surface area contributed by atoms with Gasteiger partial charge in [0.25, 0.3) is 0 Å². The molecule has 2 rings (SSSR count). The lowest BCUT2D eigenvalue weighted by molar-refractivity contribution is 0.0961. The number of nitrogens with two attached hydrogens (primary N) is 1. The van der Waals surface area contributed by atoms with Crippen LogP contribution in [0, 0.1) is 0 Å². The average Bonchev–Trinajstić information content (AvgIpc) is 2.96. The van der Waals surface area contributed by atoms with Crippen LogP contribution in [0.5, 0.6) is 0 Å². The Morgan fingerprint density at radius 3 is 3.00 bits per heavy atom. The number of aryl methyl sites for hydroxylation is 1. The predicted octanol–water partition coefficient (Wildman–Crippen LogP) is 0.775. The fraction of sp³-hybridized carbons (Fsp3) is 0.364. The number of rotatable bonds is 5. The van der Waals surface area contributed by atoms with Crippen molar-refractivity contribution in [1.82, 2.24) is 14.8 Å². The molecule has 6 nitrogen and oxygen atoms in total. The largest absolute Gasteiger partial charge is 0.457 e. The highest BCUT2D eigenvalue weighted by molar-refractivity contribution is 5.94. The maximum atomic E-state index is 11.9. The van der Waals surface area contributed by atoms with Crippen LogP contribution in [0.3, 0.4) is 0 Å².